The van der Waals surface area contributed by atoms with Crippen LogP contribution in [0.5, 0.6) is 5.75 Å². The number of benzene rings is 2. The van der Waals surface area contributed by atoms with Gasteiger partial charge >= 0.3 is 7.12 Å². The first kappa shape index (κ1) is 14.8. The average molecular weight is 298 g/mol. The summed E-state index contributed by atoms with van der Waals surface area (Å²) in [4.78, 5) is 0. The lowest BCUT2D eigenvalue weighted by Gasteiger charge is -2.10. The minimum atomic E-state index is -1.74. The molecule has 7 heteroatoms. The molecule has 0 aliphatic rings. The second-order valence-electron chi connectivity index (χ2n) is 4.05. The van der Waals surface area contributed by atoms with E-state index >= 15 is 0 Å². The molecule has 0 spiro atoms. The van der Waals surface area contributed by atoms with Gasteiger partial charge in [0.1, 0.15) is 12.4 Å². The smallest absolute Gasteiger partial charge is 0.486 e. The molecule has 0 aliphatic carbocycles. The van der Waals surface area contributed by atoms with Gasteiger partial charge in [-0.1, -0.05) is 23.7 Å². The SMILES string of the molecule is OB(O)c1ccc(F)c(OCc2c(F)cccc2Cl)c1. The zero-order valence-corrected chi connectivity index (χ0v) is 10.9. The summed E-state index contributed by atoms with van der Waals surface area (Å²) in [6.45, 7) is -0.270. The molecule has 104 valence electrons. The van der Waals surface area contributed by atoms with Crippen molar-refractivity contribution in [2.24, 2.45) is 0 Å². The van der Waals surface area contributed by atoms with Crippen LogP contribution in [0, 0.1) is 11.6 Å². The van der Waals surface area contributed by atoms with Crippen LogP contribution in [0.15, 0.2) is 36.4 Å². The molecule has 0 saturated carbocycles. The molecule has 2 aromatic carbocycles. The molecule has 0 amide bonds. The zero-order valence-electron chi connectivity index (χ0n) is 10.2. The Morgan fingerprint density at radius 1 is 1.10 bits per heavy atom. The Bertz CT molecular complexity index is 602. The van der Waals surface area contributed by atoms with E-state index in [1.807, 2.05) is 0 Å². The van der Waals surface area contributed by atoms with Gasteiger partial charge in [-0.25, -0.2) is 8.78 Å². The van der Waals surface area contributed by atoms with E-state index in [-0.39, 0.29) is 28.4 Å². The Labute approximate surface area is 119 Å². The first-order valence-electron chi connectivity index (χ1n) is 5.70. The number of hydrogen-bond donors (Lipinski definition) is 2. The number of halogens is 3. The second-order valence-corrected chi connectivity index (χ2v) is 4.46. The maximum absolute atomic E-state index is 13.5. The topological polar surface area (TPSA) is 49.7 Å². The van der Waals surface area contributed by atoms with Crippen molar-refractivity contribution < 1.29 is 23.6 Å². The summed E-state index contributed by atoms with van der Waals surface area (Å²) >= 11 is 5.82. The third-order valence-electron chi connectivity index (χ3n) is 2.69. The van der Waals surface area contributed by atoms with E-state index in [2.05, 4.69) is 0 Å². The van der Waals surface area contributed by atoms with Crippen LogP contribution in [-0.2, 0) is 6.61 Å². The molecule has 0 fully saturated rings. The molecule has 2 N–H and O–H groups in total. The van der Waals surface area contributed by atoms with E-state index in [4.69, 9.17) is 26.4 Å². The molecule has 0 saturated heterocycles. The first-order valence-corrected chi connectivity index (χ1v) is 6.08. The van der Waals surface area contributed by atoms with E-state index in [0.717, 1.165) is 12.1 Å². The van der Waals surface area contributed by atoms with Gasteiger partial charge < -0.3 is 14.8 Å². The largest absolute Gasteiger partial charge is 0.488 e. The van der Waals surface area contributed by atoms with Crippen molar-refractivity contribution in [1.29, 1.82) is 0 Å². The molecule has 20 heavy (non-hydrogen) atoms. The molecule has 0 atom stereocenters. The highest BCUT2D eigenvalue weighted by molar-refractivity contribution is 6.58. The lowest BCUT2D eigenvalue weighted by molar-refractivity contribution is 0.285. The van der Waals surface area contributed by atoms with Gasteiger partial charge in [0.25, 0.3) is 0 Å². The summed E-state index contributed by atoms with van der Waals surface area (Å²) in [5.74, 6) is -1.46. The Balaban J connectivity index is 2.20. The lowest BCUT2D eigenvalue weighted by atomic mass is 9.80. The van der Waals surface area contributed by atoms with Gasteiger partial charge in [0, 0.05) is 5.56 Å². The van der Waals surface area contributed by atoms with Crippen LogP contribution in [-0.4, -0.2) is 17.2 Å². The van der Waals surface area contributed by atoms with Crippen LogP contribution in [0.25, 0.3) is 0 Å². The van der Waals surface area contributed by atoms with Crippen molar-refractivity contribution in [3.8, 4) is 5.75 Å². The first-order chi connectivity index (χ1) is 9.49. The third-order valence-corrected chi connectivity index (χ3v) is 3.04. The van der Waals surface area contributed by atoms with Crippen LogP contribution in [0.3, 0.4) is 0 Å². The summed E-state index contributed by atoms with van der Waals surface area (Å²) in [5, 5.41) is 18.2. The Morgan fingerprint density at radius 2 is 1.85 bits per heavy atom. The van der Waals surface area contributed by atoms with Gasteiger partial charge in [0.2, 0.25) is 0 Å². The quantitative estimate of drug-likeness (QED) is 0.847. The minimum Gasteiger partial charge on any atom is -0.486 e. The van der Waals surface area contributed by atoms with Gasteiger partial charge in [0.15, 0.2) is 11.6 Å². The van der Waals surface area contributed by atoms with Gasteiger partial charge in [0.05, 0.1) is 5.02 Å². The molecular weight excluding hydrogens is 288 g/mol. The maximum Gasteiger partial charge on any atom is 0.488 e. The predicted molar refractivity (Wildman–Crippen MR) is 72.0 cm³/mol. The van der Waals surface area contributed by atoms with Gasteiger partial charge in [-0.3, -0.25) is 0 Å². The molecule has 0 aliphatic heterocycles. The molecule has 3 nitrogen and oxygen atoms in total. The lowest BCUT2D eigenvalue weighted by Crippen LogP contribution is -2.29. The molecule has 0 heterocycles. The fourth-order valence-corrected chi connectivity index (χ4v) is 1.83. The van der Waals surface area contributed by atoms with Gasteiger partial charge in [-0.15, -0.1) is 0 Å². The van der Waals surface area contributed by atoms with E-state index < -0.39 is 18.8 Å². The highest BCUT2D eigenvalue weighted by Crippen LogP contribution is 2.22. The molecule has 0 aromatic heterocycles. The van der Waals surface area contributed by atoms with Crippen molar-refractivity contribution in [2.75, 3.05) is 0 Å². The van der Waals surface area contributed by atoms with E-state index in [0.29, 0.717) is 0 Å². The van der Waals surface area contributed by atoms with Crippen LogP contribution in [0.1, 0.15) is 5.56 Å². The van der Waals surface area contributed by atoms with Crippen LogP contribution in [0.2, 0.25) is 5.02 Å². The van der Waals surface area contributed by atoms with Crippen LogP contribution < -0.4 is 10.2 Å². The van der Waals surface area contributed by atoms with Crippen molar-refractivity contribution in [1.82, 2.24) is 0 Å². The van der Waals surface area contributed by atoms with Crippen molar-refractivity contribution in [2.45, 2.75) is 6.61 Å². The summed E-state index contributed by atoms with van der Waals surface area (Å²) in [5.41, 5.74) is 0.171. The summed E-state index contributed by atoms with van der Waals surface area (Å²) in [6, 6.07) is 7.54. The number of ether oxygens (including phenoxy) is 1. The second kappa shape index (κ2) is 6.22. The monoisotopic (exact) mass is 298 g/mol. The van der Waals surface area contributed by atoms with Gasteiger partial charge in [-0.2, -0.15) is 0 Å². The third kappa shape index (κ3) is 3.28. The molecule has 2 rings (SSSR count). The Kier molecular flexibility index (Phi) is 4.59. The fraction of sp³-hybridized carbons (Fsp3) is 0.0769. The Hall–Kier alpha value is -1.63. The predicted octanol–water partition coefficient (Wildman–Crippen LogP) is 1.88. The van der Waals surface area contributed by atoms with Crippen molar-refractivity contribution >= 4 is 24.2 Å². The number of hydrogen-bond acceptors (Lipinski definition) is 3. The van der Waals surface area contributed by atoms with Crippen molar-refractivity contribution in [3.05, 3.63) is 58.6 Å². The van der Waals surface area contributed by atoms with Crippen molar-refractivity contribution in [3.63, 3.8) is 0 Å². The van der Waals surface area contributed by atoms with E-state index in [1.165, 1.54) is 24.3 Å². The Morgan fingerprint density at radius 3 is 2.50 bits per heavy atom. The summed E-state index contributed by atoms with van der Waals surface area (Å²) in [6.07, 6.45) is 0. The highest BCUT2D eigenvalue weighted by atomic mass is 35.5. The van der Waals surface area contributed by atoms with Crippen LogP contribution in [0.4, 0.5) is 8.78 Å². The molecule has 0 radical (unpaired) electrons. The highest BCUT2D eigenvalue weighted by Gasteiger charge is 2.15. The molecule has 2 aromatic rings. The molecule has 0 unspecified atom stereocenters. The maximum atomic E-state index is 13.5. The fourth-order valence-electron chi connectivity index (χ4n) is 1.61. The minimum absolute atomic E-state index is 0.0704. The number of rotatable bonds is 4. The normalized spacial score (nSPS) is 10.4. The van der Waals surface area contributed by atoms with E-state index in [9.17, 15) is 8.78 Å². The van der Waals surface area contributed by atoms with Crippen LogP contribution >= 0.6 is 11.6 Å². The summed E-state index contributed by atoms with van der Waals surface area (Å²) < 4.78 is 32.2. The molecular formula is C13H10BClF2O3. The summed E-state index contributed by atoms with van der Waals surface area (Å²) in [7, 11) is -1.74. The average Bonchev–Trinajstić information content (AvgIpc) is 2.39. The van der Waals surface area contributed by atoms with E-state index in [1.54, 1.807) is 0 Å². The standard InChI is InChI=1S/C13H10BClF2O3/c15-10-2-1-3-11(16)9(10)7-20-13-6-8(14(18)19)4-5-12(13)17/h1-6,18-19H,7H2. The van der Waals surface area contributed by atoms with Gasteiger partial charge in [-0.05, 0) is 29.7 Å². The molecule has 0 bridgehead atoms. The zero-order chi connectivity index (χ0) is 14.7.